The molecule has 0 saturated heterocycles. The van der Waals surface area contributed by atoms with Gasteiger partial charge in [0, 0.05) is 12.8 Å². The van der Waals surface area contributed by atoms with Gasteiger partial charge in [-0.25, -0.2) is 28.8 Å². The van der Waals surface area contributed by atoms with Crippen molar-refractivity contribution in [3.63, 3.8) is 0 Å². The maximum atomic E-state index is 12.2. The third-order valence-corrected chi connectivity index (χ3v) is 6.19. The van der Waals surface area contributed by atoms with Crippen LogP contribution in [-0.4, -0.2) is 165 Å². The minimum Gasteiger partial charge on any atom is -0.544 e. The Hall–Kier alpha value is -4.40. The highest BCUT2D eigenvalue weighted by atomic mass is 16.5. The summed E-state index contributed by atoms with van der Waals surface area (Å²) in [6.45, 7) is -9.31. The predicted octanol–water partition coefficient (Wildman–Crippen LogP) is -5.82. The lowest BCUT2D eigenvalue weighted by atomic mass is 9.98. The van der Waals surface area contributed by atoms with Crippen LogP contribution in [-0.2, 0) is 47.8 Å². The van der Waals surface area contributed by atoms with Crippen LogP contribution >= 0.6 is 0 Å². The zero-order chi connectivity index (χ0) is 32.7. The van der Waals surface area contributed by atoms with E-state index >= 15 is 0 Å². The summed E-state index contributed by atoms with van der Waals surface area (Å²) in [5.41, 5.74) is 0. The Morgan fingerprint density at radius 2 is 0.762 bits per heavy atom. The van der Waals surface area contributed by atoms with E-state index in [4.69, 9.17) is 19.7 Å². The van der Waals surface area contributed by atoms with Gasteiger partial charge >= 0.3 is 35.8 Å². The first-order valence-electron chi connectivity index (χ1n) is 12.0. The van der Waals surface area contributed by atoms with Crippen LogP contribution < -0.4 is 10.2 Å². The molecule has 0 aromatic carbocycles. The number of carboxylic acid groups (broad SMARTS) is 8. The maximum absolute atomic E-state index is 12.2. The molecule has 0 bridgehead atoms. The van der Waals surface area contributed by atoms with Gasteiger partial charge in [-0.15, -0.1) is 0 Å². The molecule has 0 aliphatic carbocycles. The van der Waals surface area contributed by atoms with E-state index in [1.807, 2.05) is 0 Å². The predicted molar refractivity (Wildman–Crippen MR) is 124 cm³/mol. The average molecular weight is 612 g/mol. The van der Waals surface area contributed by atoms with Crippen molar-refractivity contribution in [3.8, 4) is 0 Å². The van der Waals surface area contributed by atoms with Crippen LogP contribution in [0.4, 0.5) is 0 Å². The van der Waals surface area contributed by atoms with E-state index in [0.29, 0.717) is 0 Å². The van der Waals surface area contributed by atoms with Gasteiger partial charge in [-0.1, -0.05) is 0 Å². The highest BCUT2D eigenvalue weighted by Crippen LogP contribution is 2.25. The molecule has 20 heteroatoms. The molecule has 42 heavy (non-hydrogen) atoms. The Bertz CT molecular complexity index is 915. The van der Waals surface area contributed by atoms with Crippen LogP contribution in [0, 0.1) is 0 Å². The number of carboxylic acids is 8. The standard InChI is InChI=1S/C22H32N2O18/c25-15(26)7-23(8-16(27)28,3-5-41-11-19(33)34)13(21(37)38)1-2-14(22(39)40)24(9-17(29)30,10-18(31)32)4-6-42-12-20(35)36/h13-14H,1-12H2,(H6-2,25,26,27,28,29,30,31,32,33,34,35,36,37,38,39,40). The molecule has 0 aliphatic rings. The van der Waals surface area contributed by atoms with Crippen molar-refractivity contribution in [2.75, 3.05) is 65.7 Å². The molecule has 2 unspecified atom stereocenters. The monoisotopic (exact) mass is 612 g/mol. The van der Waals surface area contributed by atoms with Crippen LogP contribution in [0.1, 0.15) is 12.8 Å². The van der Waals surface area contributed by atoms with Gasteiger partial charge in [0.15, 0.2) is 26.2 Å². The number of aliphatic carboxylic acids is 8. The van der Waals surface area contributed by atoms with Crippen LogP contribution in [0.3, 0.4) is 0 Å². The van der Waals surface area contributed by atoms with Crippen molar-refractivity contribution < 1.29 is 97.6 Å². The number of ether oxygens (including phenoxy) is 2. The number of nitrogens with zero attached hydrogens (tertiary/aromatic N) is 2. The number of quaternary nitrogens is 2. The summed E-state index contributed by atoms with van der Waals surface area (Å²) in [4.78, 5) is 92.6. The van der Waals surface area contributed by atoms with E-state index in [9.17, 15) is 69.0 Å². The Morgan fingerprint density at radius 3 is 0.952 bits per heavy atom. The van der Waals surface area contributed by atoms with E-state index in [1.54, 1.807) is 0 Å². The fourth-order valence-electron chi connectivity index (χ4n) is 4.62. The van der Waals surface area contributed by atoms with Crippen LogP contribution in [0.25, 0.3) is 0 Å². The number of carbonyl (C=O) groups is 8. The molecule has 0 fully saturated rings. The first-order valence-corrected chi connectivity index (χ1v) is 12.0. The molecule has 0 aromatic rings. The van der Waals surface area contributed by atoms with E-state index < -0.39 is 147 Å². The Labute approximate surface area is 236 Å². The SMILES string of the molecule is O=C(O)COCC[N+](CC(=O)O)(CC(=O)O)C(CCC(C(=O)[O-])[N+](CCOCC(=O)O)(CC(=O)O)CC(=O)O)C(=O)[O-]. The van der Waals surface area contributed by atoms with Gasteiger partial charge < -0.3 is 59.9 Å². The first-order chi connectivity index (χ1) is 19.4. The van der Waals surface area contributed by atoms with Crippen LogP contribution in [0.15, 0.2) is 0 Å². The highest BCUT2D eigenvalue weighted by molar-refractivity contribution is 5.76. The minimum absolute atomic E-state index is 0.653. The highest BCUT2D eigenvalue weighted by Gasteiger charge is 2.46. The van der Waals surface area contributed by atoms with Crippen molar-refractivity contribution in [1.29, 1.82) is 0 Å². The Kier molecular flexibility index (Phi) is 15.6. The number of hydrogen-bond acceptors (Lipinski definition) is 12. The Morgan fingerprint density at radius 1 is 0.500 bits per heavy atom. The van der Waals surface area contributed by atoms with Gasteiger partial charge in [0.25, 0.3) is 0 Å². The Balaban J connectivity index is 6.65. The lowest BCUT2D eigenvalue weighted by molar-refractivity contribution is -0.939. The van der Waals surface area contributed by atoms with Gasteiger partial charge in [-0.3, -0.25) is 8.97 Å². The number of carbonyl (C=O) groups excluding carboxylic acids is 2. The summed E-state index contributed by atoms with van der Waals surface area (Å²) >= 11 is 0. The molecule has 0 spiro atoms. The van der Waals surface area contributed by atoms with Gasteiger partial charge in [-0.2, -0.15) is 0 Å². The molecule has 238 valence electrons. The number of rotatable bonds is 25. The van der Waals surface area contributed by atoms with Crippen molar-refractivity contribution in [3.05, 3.63) is 0 Å². The topological polar surface area (TPSA) is 323 Å². The second-order valence-corrected chi connectivity index (χ2v) is 9.23. The van der Waals surface area contributed by atoms with E-state index in [0.717, 1.165) is 0 Å². The third-order valence-electron chi connectivity index (χ3n) is 6.19. The zero-order valence-corrected chi connectivity index (χ0v) is 22.1. The molecule has 0 heterocycles. The molecule has 0 aliphatic heterocycles. The second-order valence-electron chi connectivity index (χ2n) is 9.23. The lowest BCUT2D eigenvalue weighted by Crippen LogP contribution is -2.68. The number of hydrogen-bond donors (Lipinski definition) is 6. The summed E-state index contributed by atoms with van der Waals surface area (Å²) in [5, 5.41) is 79.7. The normalized spacial score (nSPS) is 13.0. The summed E-state index contributed by atoms with van der Waals surface area (Å²) in [6.07, 6.45) is -1.81. The molecular weight excluding hydrogens is 580 g/mol. The summed E-state index contributed by atoms with van der Waals surface area (Å²) in [7, 11) is 0. The molecule has 6 N–H and O–H groups in total. The van der Waals surface area contributed by atoms with Gasteiger partial charge in [-0.05, 0) is 0 Å². The summed E-state index contributed by atoms with van der Waals surface area (Å²) in [6, 6.07) is -4.24. The van der Waals surface area contributed by atoms with Crippen molar-refractivity contribution in [2.24, 2.45) is 0 Å². The zero-order valence-electron chi connectivity index (χ0n) is 22.1. The minimum atomic E-state index is -2.12. The second kappa shape index (κ2) is 17.4. The smallest absolute Gasteiger partial charge is 0.359 e. The molecule has 0 aromatic heterocycles. The van der Waals surface area contributed by atoms with E-state index in [-0.39, 0.29) is 0 Å². The van der Waals surface area contributed by atoms with Gasteiger partial charge in [0.1, 0.15) is 38.4 Å². The quantitative estimate of drug-likeness (QED) is 0.0413. The molecular formula is C22H32N2O18. The van der Waals surface area contributed by atoms with Crippen molar-refractivity contribution in [1.82, 2.24) is 0 Å². The average Bonchev–Trinajstić information content (AvgIpc) is 2.79. The molecule has 0 radical (unpaired) electrons. The van der Waals surface area contributed by atoms with Crippen LogP contribution in [0.5, 0.6) is 0 Å². The molecule has 2 atom stereocenters. The fourth-order valence-corrected chi connectivity index (χ4v) is 4.62. The van der Waals surface area contributed by atoms with E-state index in [1.165, 1.54) is 0 Å². The molecule has 0 amide bonds. The lowest BCUT2D eigenvalue weighted by Gasteiger charge is -2.46. The van der Waals surface area contributed by atoms with E-state index in [2.05, 4.69) is 0 Å². The molecule has 0 rings (SSSR count). The van der Waals surface area contributed by atoms with Crippen molar-refractivity contribution >= 4 is 47.8 Å². The van der Waals surface area contributed by atoms with Crippen molar-refractivity contribution in [2.45, 2.75) is 24.9 Å². The van der Waals surface area contributed by atoms with Crippen LogP contribution in [0.2, 0.25) is 0 Å². The van der Waals surface area contributed by atoms with Gasteiger partial charge in [0.2, 0.25) is 0 Å². The molecule has 0 saturated carbocycles. The van der Waals surface area contributed by atoms with Gasteiger partial charge in [0.05, 0.1) is 25.2 Å². The third kappa shape index (κ3) is 13.3. The fraction of sp³-hybridized carbons (Fsp3) is 0.636. The first kappa shape index (κ1) is 37.6. The summed E-state index contributed by atoms with van der Waals surface area (Å²) < 4.78 is 6.92. The largest absolute Gasteiger partial charge is 0.544 e. The molecule has 20 nitrogen and oxygen atoms in total. The maximum Gasteiger partial charge on any atom is 0.359 e. The summed E-state index contributed by atoms with van der Waals surface area (Å²) in [5.74, 6) is -13.8.